The van der Waals surface area contributed by atoms with Crippen LogP contribution in [-0.4, -0.2) is 10.2 Å². The van der Waals surface area contributed by atoms with Crippen molar-refractivity contribution >= 4 is 11.3 Å². The quantitative estimate of drug-likeness (QED) is 0.854. The predicted molar refractivity (Wildman–Crippen MR) is 67.6 cm³/mol. The molecule has 2 atom stereocenters. The van der Waals surface area contributed by atoms with Gasteiger partial charge in [-0.25, -0.2) is 0 Å². The third-order valence-electron chi connectivity index (χ3n) is 2.68. The van der Waals surface area contributed by atoms with Crippen molar-refractivity contribution in [1.82, 2.24) is 15.5 Å². The van der Waals surface area contributed by atoms with Gasteiger partial charge < -0.3 is 5.32 Å². The maximum Gasteiger partial charge on any atom is 0.0518 e. The lowest BCUT2D eigenvalue weighted by Gasteiger charge is -2.17. The summed E-state index contributed by atoms with van der Waals surface area (Å²) in [6, 6.07) is 7.03. The summed E-state index contributed by atoms with van der Waals surface area (Å²) in [7, 11) is 0. The first kappa shape index (κ1) is 11.4. The van der Waals surface area contributed by atoms with Gasteiger partial charge in [0, 0.05) is 28.0 Å². The van der Waals surface area contributed by atoms with E-state index in [4.69, 9.17) is 0 Å². The molecule has 0 radical (unpaired) electrons. The molecule has 2 unspecified atom stereocenters. The Kier molecular flexibility index (Phi) is 3.41. The van der Waals surface area contributed by atoms with Gasteiger partial charge in [-0.3, -0.25) is 5.10 Å². The molecule has 4 heteroatoms. The summed E-state index contributed by atoms with van der Waals surface area (Å²) in [6.45, 7) is 6.47. The molecule has 3 nitrogen and oxygen atoms in total. The van der Waals surface area contributed by atoms with Crippen LogP contribution in [0.15, 0.2) is 24.4 Å². The number of nitrogens with one attached hydrogen (secondary N) is 2. The Labute approximate surface area is 99.9 Å². The van der Waals surface area contributed by atoms with Gasteiger partial charge in [-0.15, -0.1) is 11.3 Å². The molecule has 0 aromatic carbocycles. The largest absolute Gasteiger partial charge is 0.301 e. The van der Waals surface area contributed by atoms with Crippen molar-refractivity contribution in [3.63, 3.8) is 0 Å². The summed E-state index contributed by atoms with van der Waals surface area (Å²) in [4.78, 5) is 2.74. The average molecular weight is 235 g/mol. The Morgan fingerprint density at radius 1 is 1.25 bits per heavy atom. The van der Waals surface area contributed by atoms with Gasteiger partial charge in [0.2, 0.25) is 0 Å². The fourth-order valence-corrected chi connectivity index (χ4v) is 2.63. The van der Waals surface area contributed by atoms with Crippen LogP contribution in [-0.2, 0) is 0 Å². The number of H-pyrrole nitrogens is 1. The topological polar surface area (TPSA) is 40.7 Å². The van der Waals surface area contributed by atoms with Gasteiger partial charge in [-0.05, 0) is 39.0 Å². The highest BCUT2D eigenvalue weighted by atomic mass is 32.1. The van der Waals surface area contributed by atoms with Gasteiger partial charge >= 0.3 is 0 Å². The van der Waals surface area contributed by atoms with E-state index < -0.39 is 0 Å². The van der Waals surface area contributed by atoms with E-state index in [1.54, 1.807) is 6.20 Å². The molecule has 2 N–H and O–H groups in total. The molecule has 0 aliphatic heterocycles. The zero-order valence-electron chi connectivity index (χ0n) is 9.82. The number of rotatable bonds is 4. The molecule has 0 spiro atoms. The fraction of sp³-hybridized carbons (Fsp3) is 0.417. The van der Waals surface area contributed by atoms with Crippen molar-refractivity contribution < 1.29 is 0 Å². The Morgan fingerprint density at radius 2 is 2.06 bits per heavy atom. The number of nitrogens with zero attached hydrogens (tertiary/aromatic N) is 1. The highest BCUT2D eigenvalue weighted by Gasteiger charge is 2.12. The van der Waals surface area contributed by atoms with Crippen molar-refractivity contribution in [3.05, 3.63) is 39.8 Å². The summed E-state index contributed by atoms with van der Waals surface area (Å²) >= 11 is 1.85. The third kappa shape index (κ3) is 2.51. The van der Waals surface area contributed by atoms with Crippen LogP contribution in [0.5, 0.6) is 0 Å². The zero-order chi connectivity index (χ0) is 11.5. The van der Waals surface area contributed by atoms with Crippen molar-refractivity contribution in [1.29, 1.82) is 0 Å². The minimum absolute atomic E-state index is 0.292. The predicted octanol–water partition coefficient (Wildman–Crippen LogP) is 3.19. The second-order valence-corrected chi connectivity index (χ2v) is 5.39. The first-order valence-corrected chi connectivity index (χ1v) is 6.30. The van der Waals surface area contributed by atoms with Crippen LogP contribution in [0.4, 0.5) is 0 Å². The van der Waals surface area contributed by atoms with Crippen LogP contribution in [0.1, 0.15) is 41.4 Å². The minimum atomic E-state index is 0.292. The number of hydrogen-bond donors (Lipinski definition) is 2. The van der Waals surface area contributed by atoms with Gasteiger partial charge in [-0.1, -0.05) is 0 Å². The summed E-state index contributed by atoms with van der Waals surface area (Å²) in [6.07, 6.45) is 1.79. The highest BCUT2D eigenvalue weighted by molar-refractivity contribution is 7.12. The molecule has 16 heavy (non-hydrogen) atoms. The molecule has 2 heterocycles. The Balaban J connectivity index is 2.00. The SMILES string of the molecule is Cc1ccc(C(C)NC(C)c2ccn[nH]2)s1. The average Bonchev–Trinajstić information content (AvgIpc) is 2.87. The molecule has 86 valence electrons. The van der Waals surface area contributed by atoms with Crippen LogP contribution >= 0.6 is 11.3 Å². The first-order valence-electron chi connectivity index (χ1n) is 5.48. The minimum Gasteiger partial charge on any atom is -0.301 e. The van der Waals surface area contributed by atoms with E-state index in [2.05, 4.69) is 48.4 Å². The molecule has 2 rings (SSSR count). The summed E-state index contributed by atoms with van der Waals surface area (Å²) in [5.41, 5.74) is 1.13. The lowest BCUT2D eigenvalue weighted by atomic mass is 10.2. The van der Waals surface area contributed by atoms with Gasteiger partial charge in [0.15, 0.2) is 0 Å². The second kappa shape index (κ2) is 4.80. The maximum absolute atomic E-state index is 3.97. The standard InChI is InChI=1S/C12H17N3S/c1-8-4-5-12(16-8)10(3)14-9(2)11-6-7-13-15-11/h4-7,9-10,14H,1-3H3,(H,13,15). The number of hydrogen-bond acceptors (Lipinski definition) is 3. The van der Waals surface area contributed by atoms with Crippen LogP contribution < -0.4 is 5.32 Å². The van der Waals surface area contributed by atoms with Crippen LogP contribution in [0, 0.1) is 6.92 Å². The summed E-state index contributed by atoms with van der Waals surface area (Å²) in [5.74, 6) is 0. The van der Waals surface area contributed by atoms with E-state index in [1.165, 1.54) is 9.75 Å². The van der Waals surface area contributed by atoms with Crippen molar-refractivity contribution in [2.24, 2.45) is 0 Å². The molecule has 0 bridgehead atoms. The zero-order valence-corrected chi connectivity index (χ0v) is 10.6. The second-order valence-electron chi connectivity index (χ2n) is 4.07. The van der Waals surface area contributed by atoms with Gasteiger partial charge in [0.1, 0.15) is 0 Å². The third-order valence-corrected chi connectivity index (χ3v) is 3.86. The fourth-order valence-electron chi connectivity index (χ4n) is 1.74. The summed E-state index contributed by atoms with van der Waals surface area (Å²) in [5, 5.41) is 10.5. The lowest BCUT2D eigenvalue weighted by Crippen LogP contribution is -2.22. The molecular weight excluding hydrogens is 218 g/mol. The Bertz CT molecular complexity index is 433. The number of aromatic amines is 1. The van der Waals surface area contributed by atoms with Gasteiger partial charge in [-0.2, -0.15) is 5.10 Å². The Hall–Kier alpha value is -1.13. The van der Waals surface area contributed by atoms with Gasteiger partial charge in [0.05, 0.1) is 5.69 Å². The number of aryl methyl sites for hydroxylation is 1. The van der Waals surface area contributed by atoms with Gasteiger partial charge in [0.25, 0.3) is 0 Å². The van der Waals surface area contributed by atoms with E-state index in [1.807, 2.05) is 17.4 Å². The van der Waals surface area contributed by atoms with E-state index in [0.29, 0.717) is 12.1 Å². The normalized spacial score (nSPS) is 14.9. The van der Waals surface area contributed by atoms with Crippen LogP contribution in [0.25, 0.3) is 0 Å². The molecule has 2 aromatic heterocycles. The van der Waals surface area contributed by atoms with E-state index in [0.717, 1.165) is 5.69 Å². The molecule has 0 saturated heterocycles. The van der Waals surface area contributed by atoms with E-state index >= 15 is 0 Å². The smallest absolute Gasteiger partial charge is 0.0518 e. The molecule has 2 aromatic rings. The van der Waals surface area contributed by atoms with Crippen molar-refractivity contribution in [3.8, 4) is 0 Å². The van der Waals surface area contributed by atoms with E-state index in [-0.39, 0.29) is 0 Å². The molecule has 0 amide bonds. The number of thiophene rings is 1. The highest BCUT2D eigenvalue weighted by Crippen LogP contribution is 2.24. The van der Waals surface area contributed by atoms with Crippen LogP contribution in [0.2, 0.25) is 0 Å². The van der Waals surface area contributed by atoms with Crippen molar-refractivity contribution in [2.45, 2.75) is 32.9 Å². The van der Waals surface area contributed by atoms with E-state index in [9.17, 15) is 0 Å². The molecule has 0 aliphatic carbocycles. The van der Waals surface area contributed by atoms with Crippen LogP contribution in [0.3, 0.4) is 0 Å². The first-order chi connectivity index (χ1) is 7.66. The molecule has 0 aliphatic rings. The molecule has 0 fully saturated rings. The Morgan fingerprint density at radius 3 is 2.62 bits per heavy atom. The monoisotopic (exact) mass is 235 g/mol. The summed E-state index contributed by atoms with van der Waals surface area (Å²) < 4.78 is 0. The molecule has 0 saturated carbocycles. The van der Waals surface area contributed by atoms with Crippen molar-refractivity contribution in [2.75, 3.05) is 0 Å². The maximum atomic E-state index is 3.97. The number of aromatic nitrogens is 2. The lowest BCUT2D eigenvalue weighted by molar-refractivity contribution is 0.491. The molecular formula is C12H17N3S.